The van der Waals surface area contributed by atoms with E-state index in [9.17, 15) is 9.59 Å². The monoisotopic (exact) mass is 235 g/mol. The van der Waals surface area contributed by atoms with Crippen molar-refractivity contribution in [2.24, 2.45) is 0 Å². The highest BCUT2D eigenvalue weighted by Crippen LogP contribution is 2.36. The molecule has 0 spiro atoms. The van der Waals surface area contributed by atoms with Crippen LogP contribution in [0.4, 0.5) is 5.69 Å². The summed E-state index contributed by atoms with van der Waals surface area (Å²) in [5.74, 6) is -0.844. The molecule has 5 heteroatoms. The van der Waals surface area contributed by atoms with Gasteiger partial charge in [0.25, 0.3) is 0 Å². The van der Waals surface area contributed by atoms with Crippen molar-refractivity contribution in [3.8, 4) is 0 Å². The number of hydrogen-bond acceptors (Lipinski definition) is 5. The molecule has 0 saturated heterocycles. The highest BCUT2D eigenvalue weighted by molar-refractivity contribution is 5.96. The van der Waals surface area contributed by atoms with Crippen LogP contribution >= 0.6 is 0 Å². The van der Waals surface area contributed by atoms with E-state index >= 15 is 0 Å². The molecule has 0 saturated carbocycles. The van der Waals surface area contributed by atoms with E-state index in [0.29, 0.717) is 23.4 Å². The molecule has 0 aliphatic carbocycles. The number of ether oxygens (including phenoxy) is 2. The fraction of sp³-hybridized carbons (Fsp3) is 0.333. The lowest BCUT2D eigenvalue weighted by molar-refractivity contribution is -0.145. The first-order chi connectivity index (χ1) is 8.13. The summed E-state index contributed by atoms with van der Waals surface area (Å²) in [6, 6.07) is 5.00. The molecule has 1 aromatic carbocycles. The Morgan fingerprint density at radius 2 is 2.29 bits per heavy atom. The van der Waals surface area contributed by atoms with Gasteiger partial charge in [0.2, 0.25) is 0 Å². The van der Waals surface area contributed by atoms with Crippen LogP contribution in [0.25, 0.3) is 0 Å². The van der Waals surface area contributed by atoms with Crippen LogP contribution in [0, 0.1) is 0 Å². The summed E-state index contributed by atoms with van der Waals surface area (Å²) in [7, 11) is 0. The van der Waals surface area contributed by atoms with Crippen molar-refractivity contribution in [1.29, 1.82) is 0 Å². The molecule has 0 bridgehead atoms. The minimum atomic E-state index is -0.627. The first kappa shape index (κ1) is 11.4. The zero-order chi connectivity index (χ0) is 12.4. The zero-order valence-electron chi connectivity index (χ0n) is 9.43. The maximum atomic E-state index is 11.5. The minimum Gasteiger partial charge on any atom is -0.466 e. The molecule has 1 aromatic rings. The van der Waals surface area contributed by atoms with Crippen molar-refractivity contribution in [1.82, 2.24) is 0 Å². The van der Waals surface area contributed by atoms with Crippen LogP contribution in [0.5, 0.6) is 0 Å². The summed E-state index contributed by atoms with van der Waals surface area (Å²) >= 11 is 0. The Morgan fingerprint density at radius 3 is 3.00 bits per heavy atom. The van der Waals surface area contributed by atoms with Crippen LogP contribution in [-0.4, -0.2) is 18.5 Å². The number of cyclic esters (lactones) is 1. The molecule has 0 radical (unpaired) electrons. The second kappa shape index (κ2) is 4.45. The number of nitrogens with two attached hydrogens (primary N) is 1. The maximum absolute atomic E-state index is 11.5. The molecule has 1 unspecified atom stereocenters. The van der Waals surface area contributed by atoms with Crippen molar-refractivity contribution in [3.05, 3.63) is 29.3 Å². The summed E-state index contributed by atoms with van der Waals surface area (Å²) in [5.41, 5.74) is 7.27. The third-order valence-corrected chi connectivity index (χ3v) is 2.59. The third kappa shape index (κ3) is 2.08. The molecular formula is C12H13NO4. The Balaban J connectivity index is 2.24. The van der Waals surface area contributed by atoms with E-state index in [1.165, 1.54) is 0 Å². The van der Waals surface area contributed by atoms with Crippen LogP contribution in [0.15, 0.2) is 18.2 Å². The molecular weight excluding hydrogens is 222 g/mol. The Bertz CT molecular complexity index is 470. The number of carbonyl (C=O) groups is 2. The number of hydrogen-bond donors (Lipinski definition) is 1. The number of fused-ring (bicyclic) bond motifs is 1. The van der Waals surface area contributed by atoms with Crippen LogP contribution in [-0.2, 0) is 14.3 Å². The Labute approximate surface area is 98.5 Å². The van der Waals surface area contributed by atoms with Crippen molar-refractivity contribution in [3.63, 3.8) is 0 Å². The smallest absolute Gasteiger partial charge is 0.339 e. The number of anilines is 1. The van der Waals surface area contributed by atoms with Crippen molar-refractivity contribution < 1.29 is 19.1 Å². The lowest BCUT2D eigenvalue weighted by atomic mass is 10.0. The van der Waals surface area contributed by atoms with E-state index < -0.39 is 18.0 Å². The largest absolute Gasteiger partial charge is 0.466 e. The summed E-state index contributed by atoms with van der Waals surface area (Å²) in [4.78, 5) is 22.9. The summed E-state index contributed by atoms with van der Waals surface area (Å²) in [5, 5.41) is 0. The van der Waals surface area contributed by atoms with E-state index in [4.69, 9.17) is 15.2 Å². The standard InChI is InChI=1S/C12H13NO4/c1-2-16-10(14)6-9-11-7(12(15)17-9)4-3-5-8(11)13/h3-5,9H,2,6,13H2,1H3. The average Bonchev–Trinajstić information content (AvgIpc) is 2.57. The molecule has 1 aliphatic heterocycles. The van der Waals surface area contributed by atoms with Crippen molar-refractivity contribution >= 4 is 17.6 Å². The molecule has 1 atom stereocenters. The zero-order valence-corrected chi connectivity index (χ0v) is 9.43. The van der Waals surface area contributed by atoms with Gasteiger partial charge in [0.15, 0.2) is 0 Å². The van der Waals surface area contributed by atoms with Gasteiger partial charge in [0, 0.05) is 11.3 Å². The fourth-order valence-corrected chi connectivity index (χ4v) is 1.89. The van der Waals surface area contributed by atoms with E-state index in [1.54, 1.807) is 25.1 Å². The quantitative estimate of drug-likeness (QED) is 0.633. The van der Waals surface area contributed by atoms with Gasteiger partial charge in [0.05, 0.1) is 18.6 Å². The molecule has 1 heterocycles. The number of esters is 2. The van der Waals surface area contributed by atoms with E-state index in [1.807, 2.05) is 0 Å². The van der Waals surface area contributed by atoms with Gasteiger partial charge in [-0.3, -0.25) is 4.79 Å². The Hall–Kier alpha value is -2.04. The molecule has 2 N–H and O–H groups in total. The number of nitrogen functional groups attached to an aromatic ring is 1. The third-order valence-electron chi connectivity index (χ3n) is 2.59. The molecule has 90 valence electrons. The van der Waals surface area contributed by atoms with Crippen LogP contribution in [0.1, 0.15) is 35.4 Å². The molecule has 17 heavy (non-hydrogen) atoms. The molecule has 2 rings (SSSR count). The van der Waals surface area contributed by atoms with Gasteiger partial charge in [-0.15, -0.1) is 0 Å². The van der Waals surface area contributed by atoms with E-state index in [2.05, 4.69) is 0 Å². The molecule has 0 fully saturated rings. The summed E-state index contributed by atoms with van der Waals surface area (Å²) < 4.78 is 9.93. The van der Waals surface area contributed by atoms with Gasteiger partial charge in [-0.2, -0.15) is 0 Å². The van der Waals surface area contributed by atoms with Crippen LogP contribution in [0.2, 0.25) is 0 Å². The maximum Gasteiger partial charge on any atom is 0.339 e. The number of benzene rings is 1. The van der Waals surface area contributed by atoms with Gasteiger partial charge in [-0.25, -0.2) is 4.79 Å². The normalized spacial score (nSPS) is 17.5. The second-order valence-electron chi connectivity index (χ2n) is 3.71. The fourth-order valence-electron chi connectivity index (χ4n) is 1.89. The SMILES string of the molecule is CCOC(=O)CC1OC(=O)c2cccc(N)c21. The average molecular weight is 235 g/mol. The molecule has 1 aliphatic rings. The van der Waals surface area contributed by atoms with Crippen LogP contribution < -0.4 is 5.73 Å². The molecule has 5 nitrogen and oxygen atoms in total. The van der Waals surface area contributed by atoms with Crippen molar-refractivity contribution in [2.45, 2.75) is 19.4 Å². The molecule has 0 aromatic heterocycles. The van der Waals surface area contributed by atoms with E-state index in [0.717, 1.165) is 0 Å². The van der Waals surface area contributed by atoms with Gasteiger partial charge >= 0.3 is 11.9 Å². The topological polar surface area (TPSA) is 78.6 Å². The van der Waals surface area contributed by atoms with Crippen molar-refractivity contribution in [2.75, 3.05) is 12.3 Å². The lowest BCUT2D eigenvalue weighted by Crippen LogP contribution is -2.11. The first-order valence-electron chi connectivity index (χ1n) is 5.38. The highest BCUT2D eigenvalue weighted by Gasteiger charge is 2.34. The summed E-state index contributed by atoms with van der Waals surface area (Å²) in [6.45, 7) is 2.03. The summed E-state index contributed by atoms with van der Waals surface area (Å²) in [6.07, 6.45) is -0.626. The van der Waals surface area contributed by atoms with Gasteiger partial charge in [-0.05, 0) is 19.1 Å². The Morgan fingerprint density at radius 1 is 1.53 bits per heavy atom. The van der Waals surface area contributed by atoms with Crippen LogP contribution in [0.3, 0.4) is 0 Å². The van der Waals surface area contributed by atoms with Gasteiger partial charge < -0.3 is 15.2 Å². The van der Waals surface area contributed by atoms with Gasteiger partial charge in [-0.1, -0.05) is 6.07 Å². The predicted octanol–water partition coefficient (Wildman–Crippen LogP) is 1.43. The van der Waals surface area contributed by atoms with Gasteiger partial charge in [0.1, 0.15) is 6.10 Å². The number of carbonyl (C=O) groups excluding carboxylic acids is 2. The molecule has 0 amide bonds. The first-order valence-corrected chi connectivity index (χ1v) is 5.38. The second-order valence-corrected chi connectivity index (χ2v) is 3.71. The lowest BCUT2D eigenvalue weighted by Gasteiger charge is -2.11. The van der Waals surface area contributed by atoms with E-state index in [-0.39, 0.29) is 6.42 Å². The highest BCUT2D eigenvalue weighted by atomic mass is 16.6. The Kier molecular flexibility index (Phi) is 2.99. The predicted molar refractivity (Wildman–Crippen MR) is 60.3 cm³/mol. The number of rotatable bonds is 3. The minimum absolute atomic E-state index is 0.000787.